The highest BCUT2D eigenvalue weighted by atomic mass is 31.1. The SMILES string of the molecule is C=Cc1ccc(O[P+](=O)Oc2ccccc2)cc1. The molecule has 4 heteroatoms. The van der Waals surface area contributed by atoms with Crippen LogP contribution in [-0.2, 0) is 4.57 Å². The lowest BCUT2D eigenvalue weighted by atomic mass is 10.2. The number of hydrogen-bond acceptors (Lipinski definition) is 3. The lowest BCUT2D eigenvalue weighted by Gasteiger charge is -1.95. The first kappa shape index (κ1) is 12.3. The van der Waals surface area contributed by atoms with Crippen molar-refractivity contribution in [3.05, 3.63) is 66.7 Å². The molecule has 0 spiro atoms. The van der Waals surface area contributed by atoms with Crippen LogP contribution in [0, 0.1) is 0 Å². The van der Waals surface area contributed by atoms with Gasteiger partial charge in [-0.2, -0.15) is 0 Å². The third-order valence-corrected chi connectivity index (χ3v) is 2.94. The van der Waals surface area contributed by atoms with E-state index in [0.717, 1.165) is 5.56 Å². The second-order valence-corrected chi connectivity index (χ2v) is 4.30. The van der Waals surface area contributed by atoms with E-state index in [1.54, 1.807) is 42.5 Å². The topological polar surface area (TPSA) is 35.5 Å². The molecular weight excluding hydrogens is 247 g/mol. The molecule has 0 N–H and O–H groups in total. The van der Waals surface area contributed by atoms with E-state index in [4.69, 9.17) is 9.05 Å². The molecule has 2 rings (SSSR count). The van der Waals surface area contributed by atoms with Gasteiger partial charge in [-0.15, -0.1) is 0 Å². The zero-order chi connectivity index (χ0) is 12.8. The number of hydrogen-bond donors (Lipinski definition) is 0. The summed E-state index contributed by atoms with van der Waals surface area (Å²) in [5.74, 6) is 1.01. The third kappa shape index (κ3) is 3.44. The van der Waals surface area contributed by atoms with Crippen LogP contribution in [0.25, 0.3) is 6.08 Å². The molecule has 0 saturated heterocycles. The van der Waals surface area contributed by atoms with E-state index in [-0.39, 0.29) is 0 Å². The van der Waals surface area contributed by atoms with Crippen LogP contribution in [0.4, 0.5) is 0 Å². The molecule has 0 fully saturated rings. The van der Waals surface area contributed by atoms with Gasteiger partial charge < -0.3 is 0 Å². The maximum atomic E-state index is 11.6. The first-order valence-corrected chi connectivity index (χ1v) is 6.48. The van der Waals surface area contributed by atoms with Gasteiger partial charge in [0, 0.05) is 4.57 Å². The van der Waals surface area contributed by atoms with Crippen molar-refractivity contribution in [2.75, 3.05) is 0 Å². The van der Waals surface area contributed by atoms with Crippen molar-refractivity contribution in [2.24, 2.45) is 0 Å². The highest BCUT2D eigenvalue weighted by Crippen LogP contribution is 2.30. The minimum atomic E-state index is -2.22. The van der Waals surface area contributed by atoms with Crippen LogP contribution >= 0.6 is 8.25 Å². The molecule has 1 atom stereocenters. The Morgan fingerprint density at radius 2 is 1.44 bits per heavy atom. The van der Waals surface area contributed by atoms with Gasteiger partial charge in [0.2, 0.25) is 0 Å². The zero-order valence-corrected chi connectivity index (χ0v) is 10.5. The fourth-order valence-corrected chi connectivity index (χ4v) is 1.96. The van der Waals surface area contributed by atoms with Gasteiger partial charge in [-0.1, -0.05) is 43.0 Å². The first-order chi connectivity index (χ1) is 8.78. The number of benzene rings is 2. The molecule has 1 unspecified atom stereocenters. The Balaban J connectivity index is 1.96. The number of rotatable bonds is 5. The van der Waals surface area contributed by atoms with Gasteiger partial charge >= 0.3 is 8.25 Å². The van der Waals surface area contributed by atoms with Crippen molar-refractivity contribution in [2.45, 2.75) is 0 Å². The molecule has 0 heterocycles. The summed E-state index contributed by atoms with van der Waals surface area (Å²) >= 11 is 0. The quantitative estimate of drug-likeness (QED) is 0.744. The van der Waals surface area contributed by atoms with Gasteiger partial charge in [-0.05, 0) is 29.8 Å². The monoisotopic (exact) mass is 259 g/mol. The Morgan fingerprint density at radius 3 is 2.00 bits per heavy atom. The van der Waals surface area contributed by atoms with Crippen LogP contribution in [0.2, 0.25) is 0 Å². The van der Waals surface area contributed by atoms with E-state index >= 15 is 0 Å². The molecule has 18 heavy (non-hydrogen) atoms. The minimum absolute atomic E-state index is 0.498. The van der Waals surface area contributed by atoms with Crippen molar-refractivity contribution < 1.29 is 13.6 Å². The summed E-state index contributed by atoms with van der Waals surface area (Å²) in [4.78, 5) is 0. The Kier molecular flexibility index (Phi) is 4.11. The second kappa shape index (κ2) is 5.99. The molecule has 0 aliphatic carbocycles. The summed E-state index contributed by atoms with van der Waals surface area (Å²) in [6.07, 6.45) is 1.73. The van der Waals surface area contributed by atoms with Crippen LogP contribution in [0.15, 0.2) is 61.2 Å². The Morgan fingerprint density at radius 1 is 0.889 bits per heavy atom. The molecule has 2 aromatic rings. The van der Waals surface area contributed by atoms with Gasteiger partial charge in [-0.3, -0.25) is 0 Å². The smallest absolute Gasteiger partial charge is 0.222 e. The van der Waals surface area contributed by atoms with Crippen LogP contribution in [-0.4, -0.2) is 0 Å². The predicted octanol–water partition coefficient (Wildman–Crippen LogP) is 4.44. The Labute approximate surface area is 107 Å². The lowest BCUT2D eigenvalue weighted by molar-refractivity contribution is 0.415. The van der Waals surface area contributed by atoms with E-state index in [1.807, 2.05) is 18.2 Å². The first-order valence-electron chi connectivity index (χ1n) is 5.38. The molecule has 0 aromatic heterocycles. The molecule has 90 valence electrons. The van der Waals surface area contributed by atoms with E-state index in [9.17, 15) is 4.57 Å². The van der Waals surface area contributed by atoms with Gasteiger partial charge in [0.1, 0.15) is 0 Å². The van der Waals surface area contributed by atoms with Crippen LogP contribution in [0.3, 0.4) is 0 Å². The van der Waals surface area contributed by atoms with E-state index < -0.39 is 8.25 Å². The highest BCUT2D eigenvalue weighted by molar-refractivity contribution is 7.34. The van der Waals surface area contributed by atoms with Gasteiger partial charge in [0.15, 0.2) is 11.5 Å². The summed E-state index contributed by atoms with van der Waals surface area (Å²) in [5.41, 5.74) is 0.974. The summed E-state index contributed by atoms with van der Waals surface area (Å²) in [6, 6.07) is 16.0. The minimum Gasteiger partial charge on any atom is -0.222 e. The summed E-state index contributed by atoms with van der Waals surface area (Å²) < 4.78 is 21.9. The van der Waals surface area contributed by atoms with Crippen LogP contribution in [0.5, 0.6) is 11.5 Å². The van der Waals surface area contributed by atoms with Crippen molar-refractivity contribution in [1.29, 1.82) is 0 Å². The molecule has 0 bridgehead atoms. The van der Waals surface area contributed by atoms with Gasteiger partial charge in [-0.25, -0.2) is 9.05 Å². The predicted molar refractivity (Wildman–Crippen MR) is 71.8 cm³/mol. The van der Waals surface area contributed by atoms with Gasteiger partial charge in [0.25, 0.3) is 0 Å². The fourth-order valence-electron chi connectivity index (χ4n) is 1.34. The molecule has 0 radical (unpaired) electrons. The van der Waals surface area contributed by atoms with Gasteiger partial charge in [0.05, 0.1) is 0 Å². The van der Waals surface area contributed by atoms with Crippen LogP contribution < -0.4 is 9.05 Å². The molecule has 3 nitrogen and oxygen atoms in total. The van der Waals surface area contributed by atoms with E-state index in [0.29, 0.717) is 11.5 Å². The summed E-state index contributed by atoms with van der Waals surface area (Å²) in [7, 11) is -2.22. The molecule has 0 amide bonds. The zero-order valence-electron chi connectivity index (χ0n) is 9.65. The van der Waals surface area contributed by atoms with E-state index in [1.165, 1.54) is 0 Å². The average molecular weight is 259 g/mol. The molecule has 2 aromatic carbocycles. The van der Waals surface area contributed by atoms with Crippen molar-refractivity contribution in [3.63, 3.8) is 0 Å². The van der Waals surface area contributed by atoms with E-state index in [2.05, 4.69) is 6.58 Å². The standard InChI is InChI=1S/C14H12O3P/c1-2-12-8-10-14(11-9-12)17-18(15)16-13-6-4-3-5-7-13/h2-11H,1H2/q+1. The van der Waals surface area contributed by atoms with Crippen molar-refractivity contribution in [1.82, 2.24) is 0 Å². The normalized spacial score (nSPS) is 10.6. The highest BCUT2D eigenvalue weighted by Gasteiger charge is 2.23. The molecule has 0 aliphatic rings. The maximum Gasteiger partial charge on any atom is 0.805 e. The second-order valence-electron chi connectivity index (χ2n) is 3.49. The lowest BCUT2D eigenvalue weighted by Crippen LogP contribution is -1.88. The maximum absolute atomic E-state index is 11.6. The van der Waals surface area contributed by atoms with Crippen molar-refractivity contribution >= 4 is 14.3 Å². The number of para-hydroxylation sites is 1. The average Bonchev–Trinajstić information content (AvgIpc) is 2.40. The Bertz CT molecular complexity index is 535. The fraction of sp³-hybridized carbons (Fsp3) is 0. The summed E-state index contributed by atoms with van der Waals surface area (Å²) in [5, 5.41) is 0. The largest absolute Gasteiger partial charge is 0.805 e. The Hall–Kier alpha value is -2.12. The van der Waals surface area contributed by atoms with Crippen molar-refractivity contribution in [3.8, 4) is 11.5 Å². The molecule has 0 aliphatic heterocycles. The third-order valence-electron chi connectivity index (χ3n) is 2.22. The van der Waals surface area contributed by atoms with Crippen LogP contribution in [0.1, 0.15) is 5.56 Å². The molecular formula is C14H12O3P+. The molecule has 0 saturated carbocycles. The summed E-state index contributed by atoms with van der Waals surface area (Å²) in [6.45, 7) is 3.65.